The molecule has 2 saturated heterocycles. The molecular formula is C22H26N6O. The van der Waals surface area contributed by atoms with Crippen LogP contribution in [-0.4, -0.2) is 60.4 Å². The van der Waals surface area contributed by atoms with E-state index in [1.807, 2.05) is 24.5 Å². The number of nitrogens with one attached hydrogen (secondary N) is 1. The van der Waals surface area contributed by atoms with Gasteiger partial charge in [0.25, 0.3) is 0 Å². The number of benzene rings is 1. The zero-order valence-electron chi connectivity index (χ0n) is 16.5. The maximum atomic E-state index is 5.45. The summed E-state index contributed by atoms with van der Waals surface area (Å²) < 4.78 is 5.45. The van der Waals surface area contributed by atoms with Crippen molar-refractivity contribution in [3.63, 3.8) is 0 Å². The lowest BCUT2D eigenvalue weighted by Gasteiger charge is -2.35. The van der Waals surface area contributed by atoms with Gasteiger partial charge in [0.1, 0.15) is 5.82 Å². The van der Waals surface area contributed by atoms with E-state index >= 15 is 0 Å². The van der Waals surface area contributed by atoms with Crippen LogP contribution in [0.1, 0.15) is 12.8 Å². The van der Waals surface area contributed by atoms with E-state index < -0.39 is 0 Å². The topological polar surface area (TPSA) is 66.4 Å². The van der Waals surface area contributed by atoms with Crippen LogP contribution in [0.25, 0.3) is 10.9 Å². The van der Waals surface area contributed by atoms with E-state index in [0.717, 1.165) is 63.6 Å². The molecule has 5 rings (SSSR count). The molecular weight excluding hydrogens is 364 g/mol. The molecule has 1 N–H and O–H groups in total. The minimum atomic E-state index is 0.315. The summed E-state index contributed by atoms with van der Waals surface area (Å²) in [5.74, 6) is 1.68. The van der Waals surface area contributed by atoms with Crippen molar-refractivity contribution in [2.24, 2.45) is 0 Å². The van der Waals surface area contributed by atoms with Crippen LogP contribution in [0.3, 0.4) is 0 Å². The molecule has 0 aliphatic carbocycles. The Bertz CT molecular complexity index is 969. The Balaban J connectivity index is 1.31. The smallest absolute Gasteiger partial charge is 0.224 e. The van der Waals surface area contributed by atoms with Gasteiger partial charge in [-0.3, -0.25) is 4.98 Å². The Morgan fingerprint density at radius 1 is 0.931 bits per heavy atom. The van der Waals surface area contributed by atoms with Crippen LogP contribution in [0.5, 0.6) is 0 Å². The van der Waals surface area contributed by atoms with Gasteiger partial charge in [0.2, 0.25) is 5.95 Å². The van der Waals surface area contributed by atoms with Gasteiger partial charge in [-0.2, -0.15) is 4.98 Å². The van der Waals surface area contributed by atoms with Crippen LogP contribution in [-0.2, 0) is 4.74 Å². The zero-order chi connectivity index (χ0) is 19.5. The Morgan fingerprint density at radius 3 is 2.72 bits per heavy atom. The fraction of sp³-hybridized carbons (Fsp3) is 0.409. The standard InChI is InChI=1S/C22H26N6O/c1-2-6-19-18(5-1)20(7-9-23-19)28-11-3-4-17(16-28)25-22-24-10-8-21(26-22)27-12-14-29-15-13-27/h1-2,5-10,17H,3-4,11-16H2,(H,24,25,26)/t17-/m1/s1. The second kappa shape index (κ2) is 8.21. The third-order valence-corrected chi connectivity index (χ3v) is 5.70. The largest absolute Gasteiger partial charge is 0.378 e. The predicted molar refractivity (Wildman–Crippen MR) is 116 cm³/mol. The molecule has 2 aliphatic heterocycles. The third kappa shape index (κ3) is 3.96. The van der Waals surface area contributed by atoms with Crippen molar-refractivity contribution in [2.75, 3.05) is 54.5 Å². The van der Waals surface area contributed by atoms with E-state index in [1.165, 1.54) is 11.1 Å². The predicted octanol–water partition coefficient (Wildman–Crippen LogP) is 2.94. The number of piperidine rings is 1. The molecule has 150 valence electrons. The quantitative estimate of drug-likeness (QED) is 0.735. The first-order valence-corrected chi connectivity index (χ1v) is 10.4. The number of hydrogen-bond donors (Lipinski definition) is 1. The third-order valence-electron chi connectivity index (χ3n) is 5.70. The van der Waals surface area contributed by atoms with Gasteiger partial charge in [0, 0.05) is 55.7 Å². The van der Waals surface area contributed by atoms with Gasteiger partial charge in [-0.05, 0) is 31.0 Å². The normalized spacial score (nSPS) is 20.1. The number of hydrogen-bond acceptors (Lipinski definition) is 7. The van der Waals surface area contributed by atoms with E-state index in [4.69, 9.17) is 9.72 Å². The van der Waals surface area contributed by atoms with Crippen molar-refractivity contribution >= 4 is 28.4 Å². The first-order valence-electron chi connectivity index (χ1n) is 10.4. The maximum Gasteiger partial charge on any atom is 0.224 e. The second-order valence-electron chi connectivity index (χ2n) is 7.61. The molecule has 7 nitrogen and oxygen atoms in total. The molecule has 29 heavy (non-hydrogen) atoms. The first-order chi connectivity index (χ1) is 14.4. The molecule has 0 saturated carbocycles. The van der Waals surface area contributed by atoms with Gasteiger partial charge in [0.05, 0.1) is 18.7 Å². The fourth-order valence-corrected chi connectivity index (χ4v) is 4.24. The molecule has 7 heteroatoms. The van der Waals surface area contributed by atoms with Crippen molar-refractivity contribution < 1.29 is 4.74 Å². The highest BCUT2D eigenvalue weighted by Crippen LogP contribution is 2.28. The lowest BCUT2D eigenvalue weighted by molar-refractivity contribution is 0.122. The number of nitrogens with zero attached hydrogens (tertiary/aromatic N) is 5. The molecule has 2 fully saturated rings. The average molecular weight is 390 g/mol. The molecule has 2 aromatic heterocycles. The number of rotatable bonds is 4. The van der Waals surface area contributed by atoms with Crippen molar-refractivity contribution in [1.82, 2.24) is 15.0 Å². The molecule has 0 amide bonds. The monoisotopic (exact) mass is 390 g/mol. The summed E-state index contributed by atoms with van der Waals surface area (Å²) in [7, 11) is 0. The van der Waals surface area contributed by atoms with E-state index in [1.54, 1.807) is 0 Å². The molecule has 4 heterocycles. The first kappa shape index (κ1) is 18.1. The maximum absolute atomic E-state index is 5.45. The summed E-state index contributed by atoms with van der Waals surface area (Å²) >= 11 is 0. The summed E-state index contributed by atoms with van der Waals surface area (Å²) in [4.78, 5) is 18.4. The zero-order valence-corrected chi connectivity index (χ0v) is 16.5. The average Bonchev–Trinajstić information content (AvgIpc) is 2.80. The van der Waals surface area contributed by atoms with E-state index in [2.05, 4.69) is 49.4 Å². The molecule has 0 bridgehead atoms. The van der Waals surface area contributed by atoms with Crippen LogP contribution in [0.4, 0.5) is 17.5 Å². The second-order valence-corrected chi connectivity index (χ2v) is 7.61. The van der Waals surface area contributed by atoms with Crippen molar-refractivity contribution in [3.05, 3.63) is 48.8 Å². The number of aromatic nitrogens is 3. The number of fused-ring (bicyclic) bond motifs is 1. The minimum Gasteiger partial charge on any atom is -0.378 e. The van der Waals surface area contributed by atoms with Crippen molar-refractivity contribution in [1.29, 1.82) is 0 Å². The van der Waals surface area contributed by atoms with Gasteiger partial charge in [-0.25, -0.2) is 4.98 Å². The number of anilines is 3. The van der Waals surface area contributed by atoms with Gasteiger partial charge in [-0.15, -0.1) is 0 Å². The van der Waals surface area contributed by atoms with Crippen LogP contribution < -0.4 is 15.1 Å². The van der Waals surface area contributed by atoms with Crippen LogP contribution >= 0.6 is 0 Å². The Hall–Kier alpha value is -2.93. The van der Waals surface area contributed by atoms with Gasteiger partial charge < -0.3 is 19.9 Å². The Labute approximate surface area is 170 Å². The molecule has 0 radical (unpaired) electrons. The van der Waals surface area contributed by atoms with Gasteiger partial charge in [-0.1, -0.05) is 18.2 Å². The van der Waals surface area contributed by atoms with Gasteiger partial charge in [0.15, 0.2) is 0 Å². The van der Waals surface area contributed by atoms with E-state index in [0.29, 0.717) is 12.0 Å². The minimum absolute atomic E-state index is 0.315. The Morgan fingerprint density at radius 2 is 1.79 bits per heavy atom. The SMILES string of the molecule is c1ccc2c(N3CCC[C@@H](Nc4nccc(N5CCOCC5)n4)C3)ccnc2c1. The molecule has 2 aliphatic rings. The summed E-state index contributed by atoms with van der Waals surface area (Å²) in [6.07, 6.45) is 6.00. The van der Waals surface area contributed by atoms with E-state index in [9.17, 15) is 0 Å². The summed E-state index contributed by atoms with van der Waals surface area (Å²) in [6.45, 7) is 5.25. The summed E-state index contributed by atoms with van der Waals surface area (Å²) in [5.41, 5.74) is 2.30. The number of ether oxygens (including phenoxy) is 1. The highest BCUT2D eigenvalue weighted by Gasteiger charge is 2.22. The van der Waals surface area contributed by atoms with E-state index in [-0.39, 0.29) is 0 Å². The molecule has 3 aromatic rings. The highest BCUT2D eigenvalue weighted by atomic mass is 16.5. The molecule has 1 atom stereocenters. The molecule has 1 aromatic carbocycles. The summed E-state index contributed by atoms with van der Waals surface area (Å²) in [5, 5.41) is 4.78. The highest BCUT2D eigenvalue weighted by molar-refractivity contribution is 5.91. The summed E-state index contributed by atoms with van der Waals surface area (Å²) in [6, 6.07) is 12.8. The lowest BCUT2D eigenvalue weighted by atomic mass is 10.0. The molecule has 0 spiro atoms. The van der Waals surface area contributed by atoms with Crippen molar-refractivity contribution in [2.45, 2.75) is 18.9 Å². The van der Waals surface area contributed by atoms with Gasteiger partial charge >= 0.3 is 0 Å². The fourth-order valence-electron chi connectivity index (χ4n) is 4.24. The van der Waals surface area contributed by atoms with Crippen LogP contribution in [0.15, 0.2) is 48.8 Å². The van der Waals surface area contributed by atoms with Crippen molar-refractivity contribution in [3.8, 4) is 0 Å². The van der Waals surface area contributed by atoms with Crippen LogP contribution in [0.2, 0.25) is 0 Å². The number of pyridine rings is 1. The Kier molecular flexibility index (Phi) is 5.13. The number of para-hydroxylation sites is 1. The van der Waals surface area contributed by atoms with Crippen LogP contribution in [0, 0.1) is 0 Å². The lowest BCUT2D eigenvalue weighted by Crippen LogP contribution is -2.42. The number of morpholine rings is 1. The molecule has 0 unspecified atom stereocenters.